The minimum absolute atomic E-state index is 0.108. The second-order valence-corrected chi connectivity index (χ2v) is 5.93. The molecule has 0 aromatic carbocycles. The largest absolute Gasteiger partial charge is 0.490 e. The van der Waals surface area contributed by atoms with E-state index in [1.165, 1.54) is 0 Å². The van der Waals surface area contributed by atoms with E-state index < -0.39 is 24.2 Å². The molecular formula is C14H25BF2O2. The summed E-state index contributed by atoms with van der Waals surface area (Å²) in [6.07, 6.45) is 1.62. The Bertz CT molecular complexity index is 335. The van der Waals surface area contributed by atoms with Crippen molar-refractivity contribution in [3.05, 3.63) is 11.5 Å². The van der Waals surface area contributed by atoms with Crippen molar-refractivity contribution in [2.45, 2.75) is 77.9 Å². The molecule has 0 unspecified atom stereocenters. The van der Waals surface area contributed by atoms with Crippen LogP contribution in [0.5, 0.6) is 0 Å². The minimum Gasteiger partial charge on any atom is -0.400 e. The molecule has 0 bridgehead atoms. The van der Waals surface area contributed by atoms with Crippen LogP contribution in [0, 0.1) is 0 Å². The third-order valence-electron chi connectivity index (χ3n) is 4.00. The maximum absolute atomic E-state index is 13.0. The van der Waals surface area contributed by atoms with Gasteiger partial charge >= 0.3 is 7.12 Å². The predicted molar refractivity (Wildman–Crippen MR) is 74.3 cm³/mol. The van der Waals surface area contributed by atoms with Crippen LogP contribution in [0.1, 0.15) is 60.8 Å². The van der Waals surface area contributed by atoms with Gasteiger partial charge in [-0.15, -0.1) is 0 Å². The van der Waals surface area contributed by atoms with Gasteiger partial charge in [-0.2, -0.15) is 0 Å². The molecule has 2 aliphatic rings. The van der Waals surface area contributed by atoms with E-state index in [0.29, 0.717) is 6.42 Å². The van der Waals surface area contributed by atoms with Gasteiger partial charge in [0.25, 0.3) is 5.92 Å². The van der Waals surface area contributed by atoms with Crippen molar-refractivity contribution < 1.29 is 18.1 Å². The van der Waals surface area contributed by atoms with Crippen molar-refractivity contribution in [2.24, 2.45) is 0 Å². The molecule has 1 aliphatic heterocycles. The Kier molecular flexibility index (Phi) is 4.84. The lowest BCUT2D eigenvalue weighted by Crippen LogP contribution is -2.41. The van der Waals surface area contributed by atoms with Gasteiger partial charge < -0.3 is 9.31 Å². The lowest BCUT2D eigenvalue weighted by Gasteiger charge is -2.32. The fourth-order valence-corrected chi connectivity index (χ4v) is 2.02. The zero-order chi connectivity index (χ0) is 14.9. The van der Waals surface area contributed by atoms with Crippen LogP contribution in [0.2, 0.25) is 0 Å². The second-order valence-electron chi connectivity index (χ2n) is 5.93. The summed E-state index contributed by atoms with van der Waals surface area (Å²) in [5, 5.41) is 0. The Hall–Kier alpha value is -0.415. The van der Waals surface area contributed by atoms with Gasteiger partial charge in [-0.3, -0.25) is 0 Å². The Labute approximate surface area is 115 Å². The average molecular weight is 274 g/mol. The quantitative estimate of drug-likeness (QED) is 0.660. The fraction of sp³-hybridized carbons (Fsp3) is 0.857. The number of halogens is 2. The monoisotopic (exact) mass is 274 g/mol. The smallest absolute Gasteiger partial charge is 0.400 e. The SMILES string of the molecule is CC.CC1(C)OB(C2=CCC(F)(F)CC2)OC1(C)C. The molecule has 0 spiro atoms. The molecule has 2 nitrogen and oxygen atoms in total. The van der Waals surface area contributed by atoms with E-state index in [-0.39, 0.29) is 12.8 Å². The van der Waals surface area contributed by atoms with Gasteiger partial charge in [0.2, 0.25) is 0 Å². The number of hydrogen-bond donors (Lipinski definition) is 0. The summed E-state index contributed by atoms with van der Waals surface area (Å²) in [4.78, 5) is 0. The molecule has 1 heterocycles. The summed E-state index contributed by atoms with van der Waals surface area (Å²) in [5.41, 5.74) is 0.0475. The molecule has 1 aliphatic carbocycles. The standard InChI is InChI=1S/C12H19BF2O2.C2H6/c1-10(2)11(3,4)17-13(16-10)9-5-7-12(14,15)8-6-9;1-2/h5H,6-8H2,1-4H3;1-2H3. The number of alkyl halides is 2. The molecule has 19 heavy (non-hydrogen) atoms. The molecule has 0 aromatic rings. The van der Waals surface area contributed by atoms with Crippen molar-refractivity contribution in [3.63, 3.8) is 0 Å². The highest BCUT2D eigenvalue weighted by atomic mass is 19.3. The summed E-state index contributed by atoms with van der Waals surface area (Å²) in [5.74, 6) is -2.56. The van der Waals surface area contributed by atoms with Gasteiger partial charge in [0, 0.05) is 12.8 Å². The Balaban J connectivity index is 0.000000861. The summed E-state index contributed by atoms with van der Waals surface area (Å²) in [6, 6.07) is 0. The second kappa shape index (κ2) is 5.53. The fourth-order valence-electron chi connectivity index (χ4n) is 2.02. The van der Waals surface area contributed by atoms with Crippen molar-refractivity contribution in [3.8, 4) is 0 Å². The number of hydrogen-bond acceptors (Lipinski definition) is 2. The van der Waals surface area contributed by atoms with Gasteiger partial charge in [-0.25, -0.2) is 8.78 Å². The van der Waals surface area contributed by atoms with Gasteiger partial charge in [-0.05, 0) is 39.6 Å². The third-order valence-corrected chi connectivity index (χ3v) is 4.00. The van der Waals surface area contributed by atoms with E-state index in [0.717, 1.165) is 5.47 Å². The Morgan fingerprint density at radius 1 is 1.05 bits per heavy atom. The predicted octanol–water partition coefficient (Wildman–Crippen LogP) is 4.39. The molecule has 0 amide bonds. The average Bonchev–Trinajstić information content (AvgIpc) is 2.50. The van der Waals surface area contributed by atoms with Crippen molar-refractivity contribution in [2.75, 3.05) is 0 Å². The van der Waals surface area contributed by atoms with Gasteiger partial charge in [0.05, 0.1) is 11.2 Å². The molecule has 0 radical (unpaired) electrons. The maximum Gasteiger partial charge on any atom is 0.490 e. The summed E-state index contributed by atoms with van der Waals surface area (Å²) in [6.45, 7) is 11.9. The molecule has 0 N–H and O–H groups in total. The first-order chi connectivity index (χ1) is 8.63. The summed E-state index contributed by atoms with van der Waals surface area (Å²) < 4.78 is 37.8. The van der Waals surface area contributed by atoms with Crippen LogP contribution < -0.4 is 0 Å². The first-order valence-corrected chi connectivity index (χ1v) is 7.05. The van der Waals surface area contributed by atoms with Gasteiger partial charge in [-0.1, -0.05) is 19.9 Å². The molecule has 5 heteroatoms. The lowest BCUT2D eigenvalue weighted by molar-refractivity contribution is -0.00821. The van der Waals surface area contributed by atoms with Crippen molar-refractivity contribution >= 4 is 7.12 Å². The van der Waals surface area contributed by atoms with Gasteiger partial charge in [0.1, 0.15) is 0 Å². The van der Waals surface area contributed by atoms with Crippen LogP contribution >= 0.6 is 0 Å². The maximum atomic E-state index is 13.0. The highest BCUT2D eigenvalue weighted by Gasteiger charge is 2.53. The molecule has 1 saturated heterocycles. The van der Waals surface area contributed by atoms with E-state index >= 15 is 0 Å². The molecule has 1 fully saturated rings. The zero-order valence-electron chi connectivity index (χ0n) is 12.8. The molecule has 0 saturated carbocycles. The van der Waals surface area contributed by atoms with Crippen LogP contribution in [-0.2, 0) is 9.31 Å². The first kappa shape index (κ1) is 16.6. The third kappa shape index (κ3) is 3.57. The lowest BCUT2D eigenvalue weighted by atomic mass is 9.72. The van der Waals surface area contributed by atoms with Crippen LogP contribution in [0.15, 0.2) is 11.5 Å². The van der Waals surface area contributed by atoms with E-state index in [1.807, 2.05) is 41.5 Å². The molecule has 110 valence electrons. The summed E-state index contributed by atoms with van der Waals surface area (Å²) in [7, 11) is -0.462. The normalized spacial score (nSPS) is 27.4. The van der Waals surface area contributed by atoms with Crippen LogP contribution in [-0.4, -0.2) is 24.2 Å². The molecule has 0 aromatic heterocycles. The Morgan fingerprint density at radius 3 is 1.89 bits per heavy atom. The highest BCUT2D eigenvalue weighted by Crippen LogP contribution is 2.41. The van der Waals surface area contributed by atoms with E-state index in [9.17, 15) is 8.78 Å². The minimum atomic E-state index is -2.56. The molecule has 2 rings (SSSR count). The van der Waals surface area contributed by atoms with Crippen LogP contribution in [0.25, 0.3) is 0 Å². The number of allylic oxidation sites excluding steroid dienone is 2. The molecular weight excluding hydrogens is 249 g/mol. The van der Waals surface area contributed by atoms with Crippen molar-refractivity contribution in [1.82, 2.24) is 0 Å². The van der Waals surface area contributed by atoms with Gasteiger partial charge in [0.15, 0.2) is 0 Å². The van der Waals surface area contributed by atoms with E-state index in [1.54, 1.807) is 6.08 Å². The molecule has 0 atom stereocenters. The van der Waals surface area contributed by atoms with E-state index in [2.05, 4.69) is 0 Å². The number of rotatable bonds is 1. The highest BCUT2D eigenvalue weighted by molar-refractivity contribution is 6.54. The van der Waals surface area contributed by atoms with Crippen LogP contribution in [0.3, 0.4) is 0 Å². The Morgan fingerprint density at radius 2 is 1.53 bits per heavy atom. The topological polar surface area (TPSA) is 18.5 Å². The first-order valence-electron chi connectivity index (χ1n) is 7.05. The van der Waals surface area contributed by atoms with Crippen LogP contribution in [0.4, 0.5) is 8.78 Å². The van der Waals surface area contributed by atoms with Crippen molar-refractivity contribution in [1.29, 1.82) is 0 Å². The van der Waals surface area contributed by atoms with E-state index in [4.69, 9.17) is 9.31 Å². The summed E-state index contributed by atoms with van der Waals surface area (Å²) >= 11 is 0. The zero-order valence-corrected chi connectivity index (χ0v) is 12.8.